The molecule has 12 rings (SSSR count). The lowest BCUT2D eigenvalue weighted by Gasteiger charge is -2.30. The molecule has 0 aromatic heterocycles. The van der Waals surface area contributed by atoms with Gasteiger partial charge in [-0.25, -0.2) is 0 Å². The Hall–Kier alpha value is -7.84. The molecule has 376 valence electrons. The molecule has 4 aliphatic carbocycles. The van der Waals surface area contributed by atoms with Crippen LogP contribution in [0.15, 0.2) is 170 Å². The molecule has 0 radical (unpaired) electrons. The van der Waals surface area contributed by atoms with Crippen molar-refractivity contribution in [3.05, 3.63) is 214 Å². The highest BCUT2D eigenvalue weighted by molar-refractivity contribution is 5.65. The maximum absolute atomic E-state index is 6.29. The van der Waals surface area contributed by atoms with Crippen LogP contribution in [0.25, 0.3) is 0 Å². The lowest BCUT2D eigenvalue weighted by atomic mass is 9.72. The zero-order chi connectivity index (χ0) is 52.0. The van der Waals surface area contributed by atoms with Gasteiger partial charge < -0.3 is 41.9 Å². The fourth-order valence-electron chi connectivity index (χ4n) is 13.7. The molecule has 0 heterocycles. The van der Waals surface area contributed by atoms with Crippen molar-refractivity contribution >= 4 is 22.7 Å². The number of nitrogen functional groups attached to an aromatic ring is 4. The Morgan fingerprint density at radius 3 is 0.662 bits per heavy atom. The predicted octanol–water partition coefficient (Wildman–Crippen LogP) is 16.2. The number of nitrogens with two attached hydrogens (primary N) is 4. The first-order valence-electron chi connectivity index (χ1n) is 25.9. The number of rotatable bonds is 8. The van der Waals surface area contributed by atoms with E-state index in [1.54, 1.807) is 0 Å². The standard InChI is InChI=1S/2C33H34N2O2/c2*1-31(2)19-33(29-17-25(11-13-27(29)31)36-23-9-5-7-21(34)15-23)20-32(3,4)28-14-12-26(18-30(28)33)37-24-10-6-8-22(35)16-24/h2*5-18H,19-20,34-35H2,1-4H3. The van der Waals surface area contributed by atoms with Gasteiger partial charge in [0.1, 0.15) is 46.0 Å². The molecule has 8 aromatic rings. The minimum atomic E-state index is -0.123. The Morgan fingerprint density at radius 1 is 0.257 bits per heavy atom. The third kappa shape index (κ3) is 8.64. The summed E-state index contributed by atoms with van der Waals surface area (Å²) in [6.07, 6.45) is 4.15. The fourth-order valence-corrected chi connectivity index (χ4v) is 13.7. The number of benzene rings is 8. The molecule has 0 aliphatic heterocycles. The molecule has 74 heavy (non-hydrogen) atoms. The normalized spacial score (nSPS) is 17.8. The lowest BCUT2D eigenvalue weighted by molar-refractivity contribution is 0.348. The van der Waals surface area contributed by atoms with Crippen molar-refractivity contribution in [3.8, 4) is 46.0 Å². The summed E-state index contributed by atoms with van der Waals surface area (Å²) >= 11 is 0. The second kappa shape index (κ2) is 17.4. The second-order valence-corrected chi connectivity index (χ2v) is 23.9. The summed E-state index contributed by atoms with van der Waals surface area (Å²) in [4.78, 5) is 0. The molecule has 4 aliphatic rings. The maximum Gasteiger partial charge on any atom is 0.129 e. The summed E-state index contributed by atoms with van der Waals surface area (Å²) in [7, 11) is 0. The quantitative estimate of drug-likeness (QED) is 0.110. The van der Waals surface area contributed by atoms with Crippen molar-refractivity contribution in [1.29, 1.82) is 0 Å². The van der Waals surface area contributed by atoms with E-state index in [9.17, 15) is 0 Å². The van der Waals surface area contributed by atoms with Crippen molar-refractivity contribution in [2.24, 2.45) is 0 Å². The molecule has 8 heteroatoms. The molecule has 2 spiro atoms. The van der Waals surface area contributed by atoms with E-state index in [-0.39, 0.29) is 32.5 Å². The van der Waals surface area contributed by atoms with E-state index in [1.165, 1.54) is 44.5 Å². The van der Waals surface area contributed by atoms with Crippen LogP contribution in [0.3, 0.4) is 0 Å². The van der Waals surface area contributed by atoms with E-state index in [2.05, 4.69) is 128 Å². The molecule has 0 amide bonds. The van der Waals surface area contributed by atoms with E-state index < -0.39 is 0 Å². The van der Waals surface area contributed by atoms with Crippen LogP contribution < -0.4 is 41.9 Å². The molecule has 0 atom stereocenters. The van der Waals surface area contributed by atoms with Crippen LogP contribution in [-0.4, -0.2) is 0 Å². The molecular formula is C66H68N4O4. The van der Waals surface area contributed by atoms with Crippen LogP contribution in [0, 0.1) is 0 Å². The summed E-state index contributed by atoms with van der Waals surface area (Å²) in [5.74, 6) is 6.32. The van der Waals surface area contributed by atoms with Gasteiger partial charge in [-0.2, -0.15) is 0 Å². The zero-order valence-corrected chi connectivity index (χ0v) is 43.9. The summed E-state index contributed by atoms with van der Waals surface area (Å²) in [5.41, 5.74) is 37.6. The van der Waals surface area contributed by atoms with Gasteiger partial charge in [-0.3, -0.25) is 0 Å². The molecule has 0 bridgehead atoms. The van der Waals surface area contributed by atoms with Gasteiger partial charge in [0.15, 0.2) is 0 Å². The van der Waals surface area contributed by atoms with Gasteiger partial charge in [-0.05, 0) is 189 Å². The predicted molar refractivity (Wildman–Crippen MR) is 302 cm³/mol. The molecule has 0 unspecified atom stereocenters. The lowest BCUT2D eigenvalue weighted by Crippen LogP contribution is -2.27. The van der Waals surface area contributed by atoms with Crippen LogP contribution in [-0.2, 0) is 32.5 Å². The molecule has 0 saturated carbocycles. The Labute approximate surface area is 436 Å². The fraction of sp³-hybridized carbons (Fsp3) is 0.273. The molecule has 8 N–H and O–H groups in total. The van der Waals surface area contributed by atoms with Crippen LogP contribution in [0.4, 0.5) is 22.7 Å². The smallest absolute Gasteiger partial charge is 0.129 e. The number of hydrogen-bond acceptors (Lipinski definition) is 8. The number of fused-ring (bicyclic) bond motifs is 8. The van der Waals surface area contributed by atoms with Crippen LogP contribution in [0.1, 0.15) is 126 Å². The van der Waals surface area contributed by atoms with Crippen molar-refractivity contribution in [2.45, 2.75) is 114 Å². The summed E-state index contributed by atoms with van der Waals surface area (Å²) in [6, 6.07) is 56.7. The average Bonchev–Trinajstić information content (AvgIpc) is 3.88. The van der Waals surface area contributed by atoms with Gasteiger partial charge in [-0.1, -0.05) is 104 Å². The van der Waals surface area contributed by atoms with Gasteiger partial charge in [0.25, 0.3) is 0 Å². The van der Waals surface area contributed by atoms with E-state index in [0.29, 0.717) is 22.7 Å². The SMILES string of the molecule is CC1(C)CC2(CC(C)(C)c3ccc(Oc4cccc(N)c4)cc32)c2cc(Oc3cccc(N)c3)ccc21.CC1(C)CC2(CC(C)(C)c3ccc(Oc4cccc(N)c4)cc32)c2cc(Oc3cccc(N)c3)ccc21. The van der Waals surface area contributed by atoms with E-state index in [0.717, 1.165) is 71.7 Å². The first kappa shape index (κ1) is 48.4. The third-order valence-electron chi connectivity index (χ3n) is 16.3. The Bertz CT molecular complexity index is 3040. The first-order valence-corrected chi connectivity index (χ1v) is 25.9. The zero-order valence-electron chi connectivity index (χ0n) is 43.9. The summed E-state index contributed by atoms with van der Waals surface area (Å²) in [5, 5.41) is 0. The van der Waals surface area contributed by atoms with Crippen molar-refractivity contribution in [2.75, 3.05) is 22.9 Å². The van der Waals surface area contributed by atoms with Crippen LogP contribution in [0.5, 0.6) is 46.0 Å². The van der Waals surface area contributed by atoms with Gasteiger partial charge in [0.2, 0.25) is 0 Å². The molecule has 8 nitrogen and oxygen atoms in total. The van der Waals surface area contributed by atoms with Crippen molar-refractivity contribution in [1.82, 2.24) is 0 Å². The minimum absolute atomic E-state index is 0.0352. The average molecular weight is 981 g/mol. The largest absolute Gasteiger partial charge is 0.457 e. The molecule has 0 saturated heterocycles. The number of ether oxygens (including phenoxy) is 4. The number of hydrogen-bond donors (Lipinski definition) is 4. The third-order valence-corrected chi connectivity index (χ3v) is 16.3. The maximum atomic E-state index is 6.29. The highest BCUT2D eigenvalue weighted by Gasteiger charge is 2.58. The van der Waals surface area contributed by atoms with Crippen LogP contribution in [0.2, 0.25) is 0 Å². The highest BCUT2D eigenvalue weighted by atomic mass is 16.5. The Kier molecular flexibility index (Phi) is 11.4. The summed E-state index contributed by atoms with van der Waals surface area (Å²) < 4.78 is 25.2. The van der Waals surface area contributed by atoms with Gasteiger partial charge in [-0.15, -0.1) is 0 Å². The number of anilines is 4. The second-order valence-electron chi connectivity index (χ2n) is 23.9. The first-order chi connectivity index (χ1) is 35.1. The van der Waals surface area contributed by atoms with Gasteiger partial charge in [0, 0.05) is 57.8 Å². The molecular weight excluding hydrogens is 913 g/mol. The Balaban J connectivity index is 0.000000159. The monoisotopic (exact) mass is 981 g/mol. The van der Waals surface area contributed by atoms with Gasteiger partial charge in [0.05, 0.1) is 0 Å². The van der Waals surface area contributed by atoms with Crippen molar-refractivity contribution < 1.29 is 18.9 Å². The highest BCUT2D eigenvalue weighted by Crippen LogP contribution is 2.65. The van der Waals surface area contributed by atoms with E-state index in [1.807, 2.05) is 97.1 Å². The van der Waals surface area contributed by atoms with E-state index >= 15 is 0 Å². The van der Waals surface area contributed by atoms with E-state index in [4.69, 9.17) is 41.9 Å². The topological polar surface area (TPSA) is 141 Å². The van der Waals surface area contributed by atoms with Crippen LogP contribution >= 0.6 is 0 Å². The Morgan fingerprint density at radius 2 is 0.459 bits per heavy atom. The minimum Gasteiger partial charge on any atom is -0.457 e. The summed E-state index contributed by atoms with van der Waals surface area (Å²) in [6.45, 7) is 18.9. The van der Waals surface area contributed by atoms with Crippen molar-refractivity contribution in [3.63, 3.8) is 0 Å². The van der Waals surface area contributed by atoms with Gasteiger partial charge >= 0.3 is 0 Å². The molecule has 8 aromatic carbocycles. The molecule has 0 fully saturated rings.